The fourth-order valence-electron chi connectivity index (χ4n) is 2.49. The number of hydrogen-bond acceptors (Lipinski definition) is 4. The summed E-state index contributed by atoms with van der Waals surface area (Å²) in [6.07, 6.45) is 1.70. The van der Waals surface area contributed by atoms with Crippen LogP contribution in [-0.4, -0.2) is 40.1 Å². The van der Waals surface area contributed by atoms with Crippen LogP contribution in [0.4, 0.5) is 4.79 Å². The lowest BCUT2D eigenvalue weighted by Gasteiger charge is -2.20. The van der Waals surface area contributed by atoms with Gasteiger partial charge >= 0.3 is 12.0 Å². The molecule has 1 saturated heterocycles. The lowest BCUT2D eigenvalue weighted by Crippen LogP contribution is -2.39. The van der Waals surface area contributed by atoms with Gasteiger partial charge in [-0.2, -0.15) is 0 Å². The molecule has 0 aliphatic carbocycles. The number of carboxylic acids is 1. The van der Waals surface area contributed by atoms with Crippen molar-refractivity contribution in [2.24, 2.45) is 5.92 Å². The van der Waals surface area contributed by atoms with Crippen LogP contribution in [0.1, 0.15) is 42.9 Å². The van der Waals surface area contributed by atoms with Gasteiger partial charge in [0.25, 0.3) is 0 Å². The van der Waals surface area contributed by atoms with Crippen molar-refractivity contribution >= 4 is 23.3 Å². The second kappa shape index (κ2) is 6.89. The molecule has 1 aromatic heterocycles. The van der Waals surface area contributed by atoms with Crippen LogP contribution in [0.25, 0.3) is 0 Å². The molecule has 2 N–H and O–H groups in total. The highest BCUT2D eigenvalue weighted by Gasteiger charge is 2.27. The maximum absolute atomic E-state index is 12.2. The Bertz CT molecular complexity index is 517. The van der Waals surface area contributed by atoms with Crippen molar-refractivity contribution in [2.75, 3.05) is 13.1 Å². The smallest absolute Gasteiger partial charge is 0.317 e. The molecule has 6 nitrogen and oxygen atoms in total. The molecule has 1 aliphatic rings. The lowest BCUT2D eigenvalue weighted by atomic mass is 10.0. The van der Waals surface area contributed by atoms with E-state index in [1.54, 1.807) is 16.2 Å². The van der Waals surface area contributed by atoms with Crippen LogP contribution in [0.5, 0.6) is 0 Å². The molecule has 0 saturated carbocycles. The van der Waals surface area contributed by atoms with Gasteiger partial charge in [-0.15, -0.1) is 11.3 Å². The molecular weight excluding hydrogens is 290 g/mol. The minimum absolute atomic E-state index is 0.0896. The number of amides is 2. The molecule has 21 heavy (non-hydrogen) atoms. The zero-order valence-electron chi connectivity index (χ0n) is 12.3. The average Bonchev–Trinajstić information content (AvgIpc) is 3.05. The predicted octanol–water partition coefficient (Wildman–Crippen LogP) is 2.41. The van der Waals surface area contributed by atoms with Crippen molar-refractivity contribution in [1.29, 1.82) is 0 Å². The van der Waals surface area contributed by atoms with Crippen LogP contribution < -0.4 is 5.32 Å². The third-order valence-corrected chi connectivity index (χ3v) is 4.83. The summed E-state index contributed by atoms with van der Waals surface area (Å²) < 4.78 is 0. The number of nitrogens with zero attached hydrogens (tertiary/aromatic N) is 2. The number of carbonyl (C=O) groups is 2. The summed E-state index contributed by atoms with van der Waals surface area (Å²) in [5.41, 5.74) is 0.964. The van der Waals surface area contributed by atoms with E-state index in [-0.39, 0.29) is 18.5 Å². The zero-order chi connectivity index (χ0) is 15.4. The van der Waals surface area contributed by atoms with E-state index in [1.807, 2.05) is 19.2 Å². The molecule has 0 spiro atoms. The minimum Gasteiger partial charge on any atom is -0.481 e. The number of aliphatic carboxylic acids is 1. The molecule has 2 heterocycles. The van der Waals surface area contributed by atoms with E-state index >= 15 is 0 Å². The van der Waals surface area contributed by atoms with Gasteiger partial charge in [-0.05, 0) is 32.6 Å². The van der Waals surface area contributed by atoms with Crippen LogP contribution >= 0.6 is 11.3 Å². The largest absolute Gasteiger partial charge is 0.481 e. The molecule has 2 unspecified atom stereocenters. The molecule has 2 amide bonds. The van der Waals surface area contributed by atoms with Gasteiger partial charge in [0.2, 0.25) is 0 Å². The standard InChI is InChI=1S/C14H21N3O3S/c1-9-8-21-13(15-9)10(2)16-14(20)17-6-5-11(7-17)3-4-12(18)19/h8,10-11H,3-7H2,1-2H3,(H,16,20)(H,18,19). The summed E-state index contributed by atoms with van der Waals surface area (Å²) >= 11 is 1.54. The molecule has 2 atom stereocenters. The highest BCUT2D eigenvalue weighted by Crippen LogP contribution is 2.22. The first-order valence-corrected chi connectivity index (χ1v) is 8.03. The Balaban J connectivity index is 1.80. The number of carboxylic acid groups (broad SMARTS) is 1. The van der Waals surface area contributed by atoms with Crippen LogP contribution in [-0.2, 0) is 4.79 Å². The molecule has 2 rings (SSSR count). The Morgan fingerprint density at radius 2 is 2.38 bits per heavy atom. The second-order valence-corrected chi connectivity index (χ2v) is 6.42. The van der Waals surface area contributed by atoms with E-state index in [2.05, 4.69) is 10.3 Å². The molecule has 116 valence electrons. The van der Waals surface area contributed by atoms with Crippen LogP contribution in [0.15, 0.2) is 5.38 Å². The van der Waals surface area contributed by atoms with Crippen LogP contribution in [0, 0.1) is 12.8 Å². The summed E-state index contributed by atoms with van der Waals surface area (Å²) in [6, 6.07) is -0.192. The van der Waals surface area contributed by atoms with E-state index in [0.29, 0.717) is 25.4 Å². The van der Waals surface area contributed by atoms with Gasteiger partial charge < -0.3 is 15.3 Å². The molecule has 7 heteroatoms. The zero-order valence-corrected chi connectivity index (χ0v) is 13.2. The monoisotopic (exact) mass is 311 g/mol. The van der Waals surface area contributed by atoms with E-state index in [4.69, 9.17) is 5.11 Å². The number of thiazole rings is 1. The quantitative estimate of drug-likeness (QED) is 0.875. The summed E-state index contributed by atoms with van der Waals surface area (Å²) in [7, 11) is 0. The van der Waals surface area contributed by atoms with Crippen molar-refractivity contribution < 1.29 is 14.7 Å². The summed E-state index contributed by atoms with van der Waals surface area (Å²) in [4.78, 5) is 28.9. The number of carbonyl (C=O) groups excluding carboxylic acids is 1. The number of urea groups is 1. The number of aryl methyl sites for hydroxylation is 1. The SMILES string of the molecule is Cc1csc(C(C)NC(=O)N2CCC(CCC(=O)O)C2)n1. The fourth-order valence-corrected chi connectivity index (χ4v) is 3.29. The Hall–Kier alpha value is -1.63. The van der Waals surface area contributed by atoms with Crippen molar-refractivity contribution in [3.63, 3.8) is 0 Å². The maximum Gasteiger partial charge on any atom is 0.317 e. The van der Waals surface area contributed by atoms with E-state index in [9.17, 15) is 9.59 Å². The van der Waals surface area contributed by atoms with Crippen molar-refractivity contribution in [1.82, 2.24) is 15.2 Å². The Labute approximate surface area is 128 Å². The maximum atomic E-state index is 12.2. The number of aromatic nitrogens is 1. The molecule has 0 radical (unpaired) electrons. The summed E-state index contributed by atoms with van der Waals surface area (Å²) in [6.45, 7) is 5.19. The van der Waals surface area contributed by atoms with Gasteiger partial charge in [0.05, 0.1) is 6.04 Å². The van der Waals surface area contributed by atoms with Gasteiger partial charge in [0.15, 0.2) is 0 Å². The van der Waals surface area contributed by atoms with E-state index < -0.39 is 5.97 Å². The van der Waals surface area contributed by atoms with Crippen LogP contribution in [0.3, 0.4) is 0 Å². The molecule has 0 bridgehead atoms. The van der Waals surface area contributed by atoms with Crippen molar-refractivity contribution in [3.05, 3.63) is 16.1 Å². The third kappa shape index (κ3) is 4.42. The van der Waals surface area contributed by atoms with E-state index in [1.165, 1.54) is 0 Å². The Morgan fingerprint density at radius 1 is 1.62 bits per heavy atom. The van der Waals surface area contributed by atoms with Crippen molar-refractivity contribution in [2.45, 2.75) is 39.2 Å². The molecule has 1 aliphatic heterocycles. The normalized spacial score (nSPS) is 19.5. The fraction of sp³-hybridized carbons (Fsp3) is 0.643. The average molecular weight is 311 g/mol. The number of rotatable bonds is 5. The van der Waals surface area contributed by atoms with Gasteiger partial charge in [0.1, 0.15) is 5.01 Å². The summed E-state index contributed by atoms with van der Waals surface area (Å²) in [5.74, 6) is -0.477. The highest BCUT2D eigenvalue weighted by atomic mass is 32.1. The second-order valence-electron chi connectivity index (χ2n) is 5.53. The van der Waals surface area contributed by atoms with Gasteiger partial charge in [0, 0.05) is 30.6 Å². The summed E-state index contributed by atoms with van der Waals surface area (Å²) in [5, 5.41) is 14.5. The Morgan fingerprint density at radius 3 is 3.00 bits per heavy atom. The van der Waals surface area contributed by atoms with Gasteiger partial charge in [-0.25, -0.2) is 9.78 Å². The predicted molar refractivity (Wildman–Crippen MR) is 80.3 cm³/mol. The first kappa shape index (κ1) is 15.8. The Kier molecular flexibility index (Phi) is 5.17. The first-order valence-electron chi connectivity index (χ1n) is 7.15. The third-order valence-electron chi connectivity index (χ3n) is 3.69. The number of nitrogens with one attached hydrogen (secondary N) is 1. The number of hydrogen-bond donors (Lipinski definition) is 2. The number of likely N-dealkylation sites (tertiary alicyclic amines) is 1. The van der Waals surface area contributed by atoms with Crippen molar-refractivity contribution in [3.8, 4) is 0 Å². The molecular formula is C14H21N3O3S. The van der Waals surface area contributed by atoms with E-state index in [0.717, 1.165) is 17.1 Å². The lowest BCUT2D eigenvalue weighted by molar-refractivity contribution is -0.137. The topological polar surface area (TPSA) is 82.5 Å². The van der Waals surface area contributed by atoms with Gasteiger partial charge in [-0.3, -0.25) is 4.79 Å². The minimum atomic E-state index is -0.773. The molecule has 1 fully saturated rings. The molecule has 1 aromatic rings. The molecule has 0 aromatic carbocycles. The van der Waals surface area contributed by atoms with Crippen LogP contribution in [0.2, 0.25) is 0 Å². The first-order chi connectivity index (χ1) is 9.95. The van der Waals surface area contributed by atoms with Gasteiger partial charge in [-0.1, -0.05) is 0 Å². The highest BCUT2D eigenvalue weighted by molar-refractivity contribution is 7.09.